The lowest BCUT2D eigenvalue weighted by atomic mass is 10.1. The van der Waals surface area contributed by atoms with Crippen LogP contribution >= 0.6 is 0 Å². The molecular formula is C15H44O5Si6. The smallest absolute Gasteiger partial charge is 0.286 e. The second-order valence-electron chi connectivity index (χ2n) is 7.03. The molecule has 0 saturated heterocycles. The maximum Gasteiger partial charge on any atom is 0.286 e. The number of rotatable bonds is 22. The van der Waals surface area contributed by atoms with E-state index in [-0.39, 0.29) is 0 Å². The van der Waals surface area contributed by atoms with E-state index in [0.717, 1.165) is 10.5 Å². The Hall–Kier alpha value is 1.10. The maximum absolute atomic E-state index is 5.94. The zero-order valence-electron chi connectivity index (χ0n) is 17.6. The van der Waals surface area contributed by atoms with Crippen LogP contribution < -0.4 is 0 Å². The van der Waals surface area contributed by atoms with Gasteiger partial charge in [0, 0.05) is 0 Å². The molecule has 0 aliphatic heterocycles. The van der Waals surface area contributed by atoms with Gasteiger partial charge in [0.25, 0.3) is 40.0 Å². The second-order valence-corrected chi connectivity index (χ2v) is 18.7. The van der Waals surface area contributed by atoms with Gasteiger partial charge >= 0.3 is 0 Å². The van der Waals surface area contributed by atoms with Crippen LogP contribution in [0, 0.1) is 0 Å². The lowest BCUT2D eigenvalue weighted by molar-refractivity contribution is 0.387. The van der Waals surface area contributed by atoms with E-state index < -0.39 is 49.1 Å². The van der Waals surface area contributed by atoms with E-state index in [1.54, 1.807) is 0 Å². The van der Waals surface area contributed by atoms with Crippen LogP contribution in [0.15, 0.2) is 0 Å². The fourth-order valence-electron chi connectivity index (χ4n) is 2.82. The van der Waals surface area contributed by atoms with E-state index >= 15 is 0 Å². The molecule has 1 atom stereocenters. The molecule has 0 spiro atoms. The summed E-state index contributed by atoms with van der Waals surface area (Å²) in [5, 5.41) is 0. The summed E-state index contributed by atoms with van der Waals surface area (Å²) in [6.45, 7) is 4.59. The monoisotopic (exact) mass is 472 g/mol. The molecule has 0 rings (SSSR count). The first-order valence-corrected chi connectivity index (χ1v) is 18.5. The molecule has 0 aromatic heterocycles. The first kappa shape index (κ1) is 27.1. The van der Waals surface area contributed by atoms with Crippen molar-refractivity contribution < 1.29 is 20.6 Å². The maximum atomic E-state index is 5.94. The topological polar surface area (TPSA) is 46.2 Å². The summed E-state index contributed by atoms with van der Waals surface area (Å²) < 4.78 is 27.4. The molecule has 1 unspecified atom stereocenters. The fourth-order valence-corrected chi connectivity index (χ4v) is 12.6. The standard InChI is InChI=1S/C15H44O5Si6/c1-3-4-5-6-7-8-9-10-11-12-13-14-15-26(2)20-25-19-24-18-23-17-22-16-21/h26H,3-15,22-25H2,1-2,21H3. The van der Waals surface area contributed by atoms with Crippen LogP contribution in [0.25, 0.3) is 0 Å². The van der Waals surface area contributed by atoms with Gasteiger partial charge in [-0.05, 0) is 12.6 Å². The molecule has 158 valence electrons. The number of hydrogen-bond acceptors (Lipinski definition) is 5. The van der Waals surface area contributed by atoms with Crippen molar-refractivity contribution in [2.75, 3.05) is 0 Å². The van der Waals surface area contributed by atoms with Crippen molar-refractivity contribution in [1.29, 1.82) is 0 Å². The number of unbranched alkanes of at least 4 members (excludes halogenated alkanes) is 11. The average Bonchev–Trinajstić information content (AvgIpc) is 2.65. The van der Waals surface area contributed by atoms with Crippen LogP contribution in [-0.4, -0.2) is 59.6 Å². The Morgan fingerprint density at radius 3 is 1.65 bits per heavy atom. The lowest BCUT2D eigenvalue weighted by Crippen LogP contribution is -2.21. The molecule has 0 N–H and O–H groups in total. The van der Waals surface area contributed by atoms with Crippen molar-refractivity contribution in [3.8, 4) is 0 Å². The quantitative estimate of drug-likeness (QED) is 0.169. The van der Waals surface area contributed by atoms with Crippen molar-refractivity contribution in [3.05, 3.63) is 0 Å². The minimum Gasteiger partial charge on any atom is -0.449 e. The number of hydrogen-bond donors (Lipinski definition) is 0. The molecule has 0 amide bonds. The molecule has 0 radical (unpaired) electrons. The zero-order chi connectivity index (χ0) is 19.1. The predicted octanol–water partition coefficient (Wildman–Crippen LogP) is 0.400. The van der Waals surface area contributed by atoms with Gasteiger partial charge in [-0.1, -0.05) is 84.0 Å². The van der Waals surface area contributed by atoms with Crippen LogP contribution in [0.3, 0.4) is 0 Å². The normalized spacial score (nSPS) is 14.5. The molecule has 0 aliphatic carbocycles. The lowest BCUT2D eigenvalue weighted by Gasteiger charge is -2.12. The summed E-state index contributed by atoms with van der Waals surface area (Å²) in [6.07, 6.45) is 17.0. The largest absolute Gasteiger partial charge is 0.449 e. The SMILES string of the molecule is CCCCCCCCCCCCCC[SiH](C)O[SiH2]O[SiH2]O[SiH2]O[SiH2]O[SiH3]. The molecule has 0 heterocycles. The summed E-state index contributed by atoms with van der Waals surface area (Å²) >= 11 is 0. The van der Waals surface area contributed by atoms with Crippen LogP contribution in [0.4, 0.5) is 0 Å². The molecular weight excluding hydrogens is 429 g/mol. The second kappa shape index (κ2) is 24.1. The van der Waals surface area contributed by atoms with Gasteiger partial charge in [0.2, 0.25) is 0 Å². The van der Waals surface area contributed by atoms with Crippen LogP contribution in [0.1, 0.15) is 84.0 Å². The highest BCUT2D eigenvalue weighted by Crippen LogP contribution is 2.13. The Bertz CT molecular complexity index is 269. The highest BCUT2D eigenvalue weighted by Gasteiger charge is 2.04. The van der Waals surface area contributed by atoms with Gasteiger partial charge in [-0.2, -0.15) is 0 Å². The van der Waals surface area contributed by atoms with Crippen molar-refractivity contribution >= 4 is 59.6 Å². The highest BCUT2D eigenvalue weighted by molar-refractivity contribution is 6.57. The molecule has 11 heteroatoms. The van der Waals surface area contributed by atoms with Gasteiger partial charge in [-0.15, -0.1) is 0 Å². The third-order valence-corrected chi connectivity index (χ3v) is 13.4. The zero-order valence-corrected chi connectivity index (χ0v) is 26.5. The van der Waals surface area contributed by atoms with Crippen molar-refractivity contribution in [3.63, 3.8) is 0 Å². The van der Waals surface area contributed by atoms with E-state index in [0.29, 0.717) is 0 Å². The molecule has 5 nitrogen and oxygen atoms in total. The highest BCUT2D eigenvalue weighted by atomic mass is 28.4. The average molecular weight is 473 g/mol. The first-order valence-electron chi connectivity index (χ1n) is 10.6. The molecule has 0 aromatic rings. The fraction of sp³-hybridized carbons (Fsp3) is 1.00. The Balaban J connectivity index is 3.11. The minimum absolute atomic E-state index is 0.704. The van der Waals surface area contributed by atoms with E-state index in [4.69, 9.17) is 20.6 Å². The summed E-state index contributed by atoms with van der Waals surface area (Å²) in [4.78, 5) is 0. The van der Waals surface area contributed by atoms with E-state index in [9.17, 15) is 0 Å². The van der Waals surface area contributed by atoms with E-state index in [1.807, 2.05) is 0 Å². The Morgan fingerprint density at radius 1 is 0.654 bits per heavy atom. The molecule has 26 heavy (non-hydrogen) atoms. The van der Waals surface area contributed by atoms with E-state index in [1.165, 1.54) is 83.1 Å². The van der Waals surface area contributed by atoms with Crippen molar-refractivity contribution in [2.45, 2.75) is 96.6 Å². The predicted molar refractivity (Wildman–Crippen MR) is 128 cm³/mol. The Kier molecular flexibility index (Phi) is 25.2. The first-order chi connectivity index (χ1) is 12.8. The minimum atomic E-state index is -0.981. The molecule has 0 bridgehead atoms. The van der Waals surface area contributed by atoms with E-state index in [2.05, 4.69) is 13.5 Å². The van der Waals surface area contributed by atoms with Gasteiger partial charge in [0.05, 0.1) is 0 Å². The van der Waals surface area contributed by atoms with Gasteiger partial charge in [0.15, 0.2) is 9.04 Å². The van der Waals surface area contributed by atoms with Crippen LogP contribution in [0.5, 0.6) is 0 Å². The summed E-state index contributed by atoms with van der Waals surface area (Å²) in [6, 6.07) is 1.30. The van der Waals surface area contributed by atoms with Gasteiger partial charge in [0.1, 0.15) is 10.5 Å². The Labute approximate surface area is 176 Å². The molecule has 0 aromatic carbocycles. The van der Waals surface area contributed by atoms with Crippen molar-refractivity contribution in [1.82, 2.24) is 0 Å². The third-order valence-electron chi connectivity index (χ3n) is 4.43. The van der Waals surface area contributed by atoms with Crippen LogP contribution in [0.2, 0.25) is 12.6 Å². The molecule has 0 aliphatic rings. The Morgan fingerprint density at radius 2 is 1.12 bits per heavy atom. The van der Waals surface area contributed by atoms with Crippen molar-refractivity contribution in [2.24, 2.45) is 0 Å². The van der Waals surface area contributed by atoms with Gasteiger partial charge in [-0.25, -0.2) is 0 Å². The van der Waals surface area contributed by atoms with Crippen LogP contribution in [-0.2, 0) is 20.6 Å². The summed E-state index contributed by atoms with van der Waals surface area (Å²) in [5.74, 6) is 0. The molecule has 0 fully saturated rings. The van der Waals surface area contributed by atoms with Gasteiger partial charge < -0.3 is 20.6 Å². The summed E-state index contributed by atoms with van der Waals surface area (Å²) in [5.41, 5.74) is 0. The summed E-state index contributed by atoms with van der Waals surface area (Å²) in [7, 11) is -3.32. The third kappa shape index (κ3) is 23.1. The van der Waals surface area contributed by atoms with Gasteiger partial charge in [-0.3, -0.25) is 0 Å². The molecule has 0 saturated carbocycles.